The summed E-state index contributed by atoms with van der Waals surface area (Å²) in [6, 6.07) is 9.01. The van der Waals surface area contributed by atoms with Crippen LogP contribution in [-0.2, 0) is 0 Å². The quantitative estimate of drug-likeness (QED) is 0.740. The molecule has 94 valence electrons. The molecule has 1 aromatic rings. The summed E-state index contributed by atoms with van der Waals surface area (Å²) >= 11 is 0. The van der Waals surface area contributed by atoms with E-state index in [-0.39, 0.29) is 6.61 Å². The lowest BCUT2D eigenvalue weighted by Gasteiger charge is -2.36. The van der Waals surface area contributed by atoms with Crippen molar-refractivity contribution in [2.45, 2.75) is 31.2 Å². The standard InChI is InChI=1S/C14H21NO2/c1-17-14-5-3-11(4-6-14)12-9-13(10-12)15-7-2-8-16/h3-6,12-13,15-16H,2,7-10H2,1H3. The molecule has 1 aliphatic rings. The highest BCUT2D eigenvalue weighted by Crippen LogP contribution is 2.37. The summed E-state index contributed by atoms with van der Waals surface area (Å²) < 4.78 is 5.15. The van der Waals surface area contributed by atoms with Gasteiger partial charge in [-0.15, -0.1) is 0 Å². The van der Waals surface area contributed by atoms with E-state index in [1.165, 1.54) is 18.4 Å². The van der Waals surface area contributed by atoms with Crippen LogP contribution >= 0.6 is 0 Å². The van der Waals surface area contributed by atoms with Gasteiger partial charge in [-0.05, 0) is 49.4 Å². The highest BCUT2D eigenvalue weighted by atomic mass is 16.5. The van der Waals surface area contributed by atoms with Crippen molar-refractivity contribution >= 4 is 0 Å². The molecule has 1 saturated carbocycles. The van der Waals surface area contributed by atoms with Gasteiger partial charge in [-0.25, -0.2) is 0 Å². The normalized spacial score (nSPS) is 23.2. The summed E-state index contributed by atoms with van der Waals surface area (Å²) in [6.07, 6.45) is 3.26. The summed E-state index contributed by atoms with van der Waals surface area (Å²) in [6.45, 7) is 1.21. The van der Waals surface area contributed by atoms with Gasteiger partial charge in [0.1, 0.15) is 5.75 Å². The molecule has 0 bridgehead atoms. The average molecular weight is 235 g/mol. The summed E-state index contributed by atoms with van der Waals surface area (Å²) in [4.78, 5) is 0. The van der Waals surface area contributed by atoms with E-state index in [0.717, 1.165) is 18.7 Å². The van der Waals surface area contributed by atoms with Crippen molar-refractivity contribution in [1.29, 1.82) is 0 Å². The van der Waals surface area contributed by atoms with E-state index in [1.807, 2.05) is 12.1 Å². The maximum absolute atomic E-state index is 8.70. The fourth-order valence-corrected chi connectivity index (χ4v) is 2.32. The number of hydrogen-bond acceptors (Lipinski definition) is 3. The Balaban J connectivity index is 1.74. The topological polar surface area (TPSA) is 41.5 Å². The Kier molecular flexibility index (Phi) is 4.40. The van der Waals surface area contributed by atoms with Gasteiger partial charge >= 0.3 is 0 Å². The molecule has 1 aliphatic carbocycles. The van der Waals surface area contributed by atoms with E-state index in [9.17, 15) is 0 Å². The summed E-state index contributed by atoms with van der Waals surface area (Å²) in [5.74, 6) is 1.61. The predicted molar refractivity (Wildman–Crippen MR) is 68.5 cm³/mol. The molecule has 0 aromatic heterocycles. The maximum Gasteiger partial charge on any atom is 0.118 e. The van der Waals surface area contributed by atoms with Crippen LogP contribution in [0.15, 0.2) is 24.3 Å². The lowest BCUT2D eigenvalue weighted by molar-refractivity contribution is 0.258. The first kappa shape index (κ1) is 12.4. The molecule has 0 unspecified atom stereocenters. The molecule has 0 heterocycles. The van der Waals surface area contributed by atoms with Gasteiger partial charge in [-0.3, -0.25) is 0 Å². The van der Waals surface area contributed by atoms with E-state index in [4.69, 9.17) is 9.84 Å². The number of methoxy groups -OCH3 is 1. The number of benzene rings is 1. The van der Waals surface area contributed by atoms with Crippen molar-refractivity contribution in [3.63, 3.8) is 0 Å². The molecule has 0 saturated heterocycles. The second-order valence-corrected chi connectivity index (χ2v) is 4.67. The Labute approximate surface area is 103 Å². The third-order valence-corrected chi connectivity index (χ3v) is 3.49. The zero-order chi connectivity index (χ0) is 12.1. The molecule has 0 atom stereocenters. The average Bonchev–Trinajstić information content (AvgIpc) is 2.32. The van der Waals surface area contributed by atoms with Gasteiger partial charge in [-0.1, -0.05) is 12.1 Å². The van der Waals surface area contributed by atoms with Crippen LogP contribution in [0.5, 0.6) is 5.75 Å². The molecule has 17 heavy (non-hydrogen) atoms. The zero-order valence-corrected chi connectivity index (χ0v) is 10.4. The van der Waals surface area contributed by atoms with E-state index >= 15 is 0 Å². The lowest BCUT2D eigenvalue weighted by atomic mass is 9.76. The highest BCUT2D eigenvalue weighted by molar-refractivity contribution is 5.30. The molecular weight excluding hydrogens is 214 g/mol. The van der Waals surface area contributed by atoms with Crippen molar-refractivity contribution < 1.29 is 9.84 Å². The van der Waals surface area contributed by atoms with Gasteiger partial charge in [0.05, 0.1) is 7.11 Å². The molecule has 3 heteroatoms. The predicted octanol–water partition coefficient (Wildman–Crippen LogP) is 1.91. The van der Waals surface area contributed by atoms with Crippen molar-refractivity contribution in [1.82, 2.24) is 5.32 Å². The fraction of sp³-hybridized carbons (Fsp3) is 0.571. The number of rotatable bonds is 6. The minimum Gasteiger partial charge on any atom is -0.497 e. The maximum atomic E-state index is 8.70. The molecule has 0 radical (unpaired) electrons. The molecule has 2 rings (SSSR count). The van der Waals surface area contributed by atoms with Crippen LogP contribution < -0.4 is 10.1 Å². The van der Waals surface area contributed by atoms with E-state index < -0.39 is 0 Å². The minimum atomic E-state index is 0.279. The van der Waals surface area contributed by atoms with Gasteiger partial charge in [0.2, 0.25) is 0 Å². The second-order valence-electron chi connectivity index (χ2n) is 4.67. The lowest BCUT2D eigenvalue weighted by Crippen LogP contribution is -2.40. The van der Waals surface area contributed by atoms with E-state index in [2.05, 4.69) is 17.4 Å². The van der Waals surface area contributed by atoms with E-state index in [1.54, 1.807) is 7.11 Å². The molecular formula is C14H21NO2. The third-order valence-electron chi connectivity index (χ3n) is 3.49. The van der Waals surface area contributed by atoms with Gasteiger partial charge in [0.15, 0.2) is 0 Å². The minimum absolute atomic E-state index is 0.279. The molecule has 0 amide bonds. The Morgan fingerprint density at radius 2 is 2.00 bits per heavy atom. The summed E-state index contributed by atoms with van der Waals surface area (Å²) in [5, 5.41) is 12.2. The van der Waals surface area contributed by atoms with E-state index in [0.29, 0.717) is 12.0 Å². The first-order chi connectivity index (χ1) is 8.33. The SMILES string of the molecule is COc1ccc(C2CC(NCCCO)C2)cc1. The van der Waals surface area contributed by atoms with Crippen LogP contribution in [0.2, 0.25) is 0 Å². The third kappa shape index (κ3) is 3.20. The van der Waals surface area contributed by atoms with Crippen LogP contribution in [0.3, 0.4) is 0 Å². The monoisotopic (exact) mass is 235 g/mol. The van der Waals surface area contributed by atoms with Crippen LogP contribution in [-0.4, -0.2) is 31.4 Å². The molecule has 3 nitrogen and oxygen atoms in total. The van der Waals surface area contributed by atoms with Crippen molar-refractivity contribution in [2.24, 2.45) is 0 Å². The van der Waals surface area contributed by atoms with Crippen LogP contribution in [0.25, 0.3) is 0 Å². The summed E-state index contributed by atoms with van der Waals surface area (Å²) in [7, 11) is 1.69. The van der Waals surface area contributed by atoms with Crippen molar-refractivity contribution in [3.05, 3.63) is 29.8 Å². The van der Waals surface area contributed by atoms with Crippen LogP contribution in [0.1, 0.15) is 30.7 Å². The zero-order valence-electron chi connectivity index (χ0n) is 10.4. The summed E-state index contributed by atoms with van der Waals surface area (Å²) in [5.41, 5.74) is 1.41. The second kappa shape index (κ2) is 6.03. The Hall–Kier alpha value is -1.06. The smallest absolute Gasteiger partial charge is 0.118 e. The number of ether oxygens (including phenoxy) is 1. The van der Waals surface area contributed by atoms with Crippen LogP contribution in [0, 0.1) is 0 Å². The van der Waals surface area contributed by atoms with Crippen LogP contribution in [0.4, 0.5) is 0 Å². The van der Waals surface area contributed by atoms with Gasteiger partial charge in [0, 0.05) is 12.6 Å². The van der Waals surface area contributed by atoms with Gasteiger partial charge in [0.25, 0.3) is 0 Å². The largest absolute Gasteiger partial charge is 0.497 e. The molecule has 0 spiro atoms. The first-order valence-electron chi connectivity index (χ1n) is 6.31. The molecule has 2 N–H and O–H groups in total. The molecule has 0 aliphatic heterocycles. The number of aliphatic hydroxyl groups excluding tert-OH is 1. The molecule has 1 aromatic carbocycles. The van der Waals surface area contributed by atoms with Crippen molar-refractivity contribution in [2.75, 3.05) is 20.3 Å². The molecule has 1 fully saturated rings. The Morgan fingerprint density at radius 3 is 2.59 bits per heavy atom. The Bertz CT molecular complexity index is 331. The fourth-order valence-electron chi connectivity index (χ4n) is 2.32. The van der Waals surface area contributed by atoms with Gasteiger partial charge in [-0.2, -0.15) is 0 Å². The Morgan fingerprint density at radius 1 is 1.29 bits per heavy atom. The first-order valence-corrected chi connectivity index (χ1v) is 6.31. The number of nitrogens with one attached hydrogen (secondary N) is 1. The number of hydrogen-bond donors (Lipinski definition) is 2. The number of aliphatic hydroxyl groups is 1. The highest BCUT2D eigenvalue weighted by Gasteiger charge is 2.29. The van der Waals surface area contributed by atoms with Gasteiger partial charge < -0.3 is 15.2 Å². The van der Waals surface area contributed by atoms with Crippen molar-refractivity contribution in [3.8, 4) is 5.75 Å².